The zero-order chi connectivity index (χ0) is 24.2. The van der Waals surface area contributed by atoms with Crippen molar-refractivity contribution in [3.8, 4) is 0 Å². The highest BCUT2D eigenvalue weighted by Gasteiger charge is 2.39. The Morgan fingerprint density at radius 3 is 1.38 bits per heavy atom. The highest BCUT2D eigenvalue weighted by molar-refractivity contribution is 6.74. The Morgan fingerprint density at radius 1 is 0.719 bits per heavy atom. The summed E-state index contributed by atoms with van der Waals surface area (Å²) < 4.78 is 13.2. The van der Waals surface area contributed by atoms with E-state index in [-0.39, 0.29) is 16.0 Å². The monoisotopic (exact) mass is 476 g/mol. The van der Waals surface area contributed by atoms with Crippen molar-refractivity contribution in [3.63, 3.8) is 0 Å². The largest absolute Gasteiger partial charge is 0.417 e. The van der Waals surface area contributed by atoms with E-state index in [2.05, 4.69) is 102 Å². The van der Waals surface area contributed by atoms with Gasteiger partial charge in [-0.25, -0.2) is 0 Å². The van der Waals surface area contributed by atoms with Crippen LogP contribution in [0.3, 0.4) is 0 Å². The molecule has 0 aliphatic heterocycles. The molecule has 4 nitrogen and oxygen atoms in total. The Morgan fingerprint density at radius 2 is 1.09 bits per heavy atom. The lowest BCUT2D eigenvalue weighted by Crippen LogP contribution is -2.42. The summed E-state index contributed by atoms with van der Waals surface area (Å²) in [6, 6.07) is 8.62. The van der Waals surface area contributed by atoms with E-state index in [4.69, 9.17) is 8.85 Å². The molecule has 0 fully saturated rings. The van der Waals surface area contributed by atoms with Crippen LogP contribution >= 0.6 is 0 Å². The molecule has 0 aromatic carbocycles. The Kier molecular flexibility index (Phi) is 8.87. The fraction of sp³-hybridized carbons (Fsp3) is 0.692. The maximum absolute atomic E-state index is 6.60. The van der Waals surface area contributed by atoms with Crippen molar-refractivity contribution in [2.75, 3.05) is 13.2 Å². The number of hydrogen-bond donors (Lipinski definition) is 2. The summed E-state index contributed by atoms with van der Waals surface area (Å²) in [6.45, 7) is 24.8. The van der Waals surface area contributed by atoms with E-state index in [0.717, 1.165) is 26.1 Å². The summed E-state index contributed by atoms with van der Waals surface area (Å²) in [6.07, 6.45) is 6.10. The molecule has 0 bridgehead atoms. The fourth-order valence-corrected chi connectivity index (χ4v) is 5.71. The molecule has 0 saturated carbocycles. The van der Waals surface area contributed by atoms with Crippen molar-refractivity contribution in [2.45, 2.75) is 96.6 Å². The molecule has 2 aromatic heterocycles. The van der Waals surface area contributed by atoms with Crippen molar-refractivity contribution >= 4 is 16.6 Å². The Balaban J connectivity index is 2.20. The van der Waals surface area contributed by atoms with Crippen molar-refractivity contribution in [2.24, 2.45) is 5.92 Å². The van der Waals surface area contributed by atoms with Gasteiger partial charge in [0.2, 0.25) is 0 Å². The van der Waals surface area contributed by atoms with Crippen LogP contribution in [0.1, 0.15) is 71.7 Å². The number of aromatic nitrogens is 2. The second kappa shape index (κ2) is 10.5. The summed E-state index contributed by atoms with van der Waals surface area (Å²) in [5.41, 5.74) is 2.52. The van der Waals surface area contributed by atoms with E-state index in [1.54, 1.807) is 0 Å². The predicted molar refractivity (Wildman–Crippen MR) is 142 cm³/mol. The minimum Gasteiger partial charge on any atom is -0.417 e. The SMILES string of the molecule is CC(C)(C)[Si](C)(C)OCCC(CCO[Si](C)(C)C(C)(C)C)C(c1ccc[nH]1)c1ccc[nH]1. The first-order valence-electron chi connectivity index (χ1n) is 12.2. The topological polar surface area (TPSA) is 50.0 Å². The second-order valence-corrected chi connectivity index (χ2v) is 21.9. The van der Waals surface area contributed by atoms with Gasteiger partial charge in [0.1, 0.15) is 0 Å². The minimum atomic E-state index is -1.77. The van der Waals surface area contributed by atoms with Crippen LogP contribution < -0.4 is 0 Å². The highest BCUT2D eigenvalue weighted by atomic mass is 28.4. The summed E-state index contributed by atoms with van der Waals surface area (Å²) in [5.74, 6) is 0.716. The first-order chi connectivity index (χ1) is 14.7. The van der Waals surface area contributed by atoms with Crippen LogP contribution in [-0.4, -0.2) is 39.8 Å². The van der Waals surface area contributed by atoms with E-state index >= 15 is 0 Å². The zero-order valence-corrected chi connectivity index (χ0v) is 24.3. The van der Waals surface area contributed by atoms with Gasteiger partial charge in [-0.1, -0.05) is 41.5 Å². The number of H-pyrrole nitrogens is 2. The van der Waals surface area contributed by atoms with Crippen LogP contribution in [0.15, 0.2) is 36.7 Å². The average molecular weight is 477 g/mol. The molecule has 6 heteroatoms. The summed E-state index contributed by atoms with van der Waals surface area (Å²) >= 11 is 0. The molecule has 2 heterocycles. The van der Waals surface area contributed by atoms with Gasteiger partial charge in [0.25, 0.3) is 0 Å². The van der Waals surface area contributed by atoms with E-state index in [9.17, 15) is 0 Å². The van der Waals surface area contributed by atoms with Gasteiger partial charge in [0, 0.05) is 42.9 Å². The third-order valence-electron chi connectivity index (χ3n) is 7.90. The standard InChI is InChI=1S/C26H48N2O2Si2/c1-25(2,3)31(7,8)29-19-15-21(16-20-30-32(9,10)26(4,5)6)24(22-13-11-17-27-22)23-14-12-18-28-23/h11-14,17-18,21,24,27-28H,15-16,19-20H2,1-10H3. The van der Waals surface area contributed by atoms with Gasteiger partial charge in [-0.05, 0) is 79.3 Å². The van der Waals surface area contributed by atoms with Gasteiger partial charge < -0.3 is 18.8 Å². The van der Waals surface area contributed by atoms with Gasteiger partial charge in [-0.3, -0.25) is 0 Å². The molecule has 32 heavy (non-hydrogen) atoms. The molecule has 0 atom stereocenters. The Hall–Kier alpha value is -1.09. The normalized spacial score (nSPS) is 14.0. The highest BCUT2D eigenvalue weighted by Crippen LogP contribution is 2.40. The zero-order valence-electron chi connectivity index (χ0n) is 22.3. The minimum absolute atomic E-state index is 0.228. The molecule has 0 aliphatic carbocycles. The smallest absolute Gasteiger partial charge is 0.191 e. The average Bonchev–Trinajstić information content (AvgIpc) is 3.34. The van der Waals surface area contributed by atoms with Gasteiger partial charge >= 0.3 is 0 Å². The van der Waals surface area contributed by atoms with Crippen LogP contribution in [0.2, 0.25) is 36.3 Å². The third kappa shape index (κ3) is 6.96. The Bertz CT molecular complexity index is 719. The maximum atomic E-state index is 6.60. The van der Waals surface area contributed by atoms with Gasteiger partial charge in [-0.15, -0.1) is 0 Å². The maximum Gasteiger partial charge on any atom is 0.191 e. The lowest BCUT2D eigenvalue weighted by molar-refractivity contribution is 0.207. The first-order valence-corrected chi connectivity index (χ1v) is 18.0. The molecule has 2 N–H and O–H groups in total. The van der Waals surface area contributed by atoms with Crippen LogP contribution in [0.25, 0.3) is 0 Å². The van der Waals surface area contributed by atoms with Crippen LogP contribution in [0.5, 0.6) is 0 Å². The molecule has 0 amide bonds. The first kappa shape index (κ1) is 27.2. The van der Waals surface area contributed by atoms with Crippen molar-refractivity contribution in [3.05, 3.63) is 48.0 Å². The number of hydrogen-bond acceptors (Lipinski definition) is 2. The lowest BCUT2D eigenvalue weighted by atomic mass is 9.82. The fourth-order valence-electron chi connectivity index (χ4n) is 3.59. The molecule has 0 aliphatic rings. The summed E-state index contributed by atoms with van der Waals surface area (Å²) in [7, 11) is -3.53. The molecule has 0 saturated heterocycles. The molecule has 0 spiro atoms. The molecule has 0 unspecified atom stereocenters. The van der Waals surface area contributed by atoms with E-state index in [0.29, 0.717) is 5.92 Å². The molecule has 182 valence electrons. The second-order valence-electron chi connectivity index (χ2n) is 12.3. The number of aromatic amines is 2. The quantitative estimate of drug-likeness (QED) is 0.324. The van der Waals surface area contributed by atoms with E-state index in [1.807, 2.05) is 12.4 Å². The van der Waals surface area contributed by atoms with Crippen LogP contribution in [-0.2, 0) is 8.85 Å². The van der Waals surface area contributed by atoms with Crippen LogP contribution in [0, 0.1) is 5.92 Å². The molecule has 2 rings (SSSR count). The lowest BCUT2D eigenvalue weighted by Gasteiger charge is -2.38. The van der Waals surface area contributed by atoms with Crippen molar-refractivity contribution in [1.82, 2.24) is 9.97 Å². The van der Waals surface area contributed by atoms with E-state index < -0.39 is 16.6 Å². The molecular formula is C26H48N2O2Si2. The number of nitrogens with one attached hydrogen (secondary N) is 2. The summed E-state index contributed by atoms with van der Waals surface area (Å²) in [5, 5.41) is 0.457. The van der Waals surface area contributed by atoms with Gasteiger partial charge in [0.15, 0.2) is 16.6 Å². The van der Waals surface area contributed by atoms with Gasteiger partial charge in [0.05, 0.1) is 0 Å². The van der Waals surface area contributed by atoms with Crippen molar-refractivity contribution in [1.29, 1.82) is 0 Å². The predicted octanol–water partition coefficient (Wildman–Crippen LogP) is 7.91. The van der Waals surface area contributed by atoms with Gasteiger partial charge in [-0.2, -0.15) is 0 Å². The Labute approximate surface area is 199 Å². The summed E-state index contributed by atoms with van der Waals surface area (Å²) in [4.78, 5) is 6.97. The molecule has 0 radical (unpaired) electrons. The van der Waals surface area contributed by atoms with E-state index in [1.165, 1.54) is 11.4 Å². The molecular weight excluding hydrogens is 428 g/mol. The van der Waals surface area contributed by atoms with Crippen molar-refractivity contribution < 1.29 is 8.85 Å². The number of rotatable bonds is 11. The third-order valence-corrected chi connectivity index (χ3v) is 17.0. The van der Waals surface area contributed by atoms with Crippen LogP contribution in [0.4, 0.5) is 0 Å². The molecule has 2 aromatic rings.